The highest BCUT2D eigenvalue weighted by atomic mass is 16.5. The van der Waals surface area contributed by atoms with Gasteiger partial charge in [0.15, 0.2) is 5.69 Å². The average molecular weight is 360 g/mol. The molecule has 27 heavy (non-hydrogen) atoms. The van der Waals surface area contributed by atoms with Crippen molar-refractivity contribution in [1.82, 2.24) is 9.97 Å². The van der Waals surface area contributed by atoms with Crippen molar-refractivity contribution < 1.29 is 13.9 Å². The van der Waals surface area contributed by atoms with Crippen molar-refractivity contribution in [3.63, 3.8) is 0 Å². The highest BCUT2D eigenvalue weighted by molar-refractivity contribution is 5.92. The molecular formula is C21H16N2O4. The Hall–Kier alpha value is -3.54. The van der Waals surface area contributed by atoms with Crippen molar-refractivity contribution >= 4 is 28.0 Å². The van der Waals surface area contributed by atoms with Crippen molar-refractivity contribution in [2.24, 2.45) is 0 Å². The normalized spacial score (nSPS) is 11.0. The Morgan fingerprint density at radius 1 is 1.15 bits per heavy atom. The van der Waals surface area contributed by atoms with Gasteiger partial charge in [0.25, 0.3) is 0 Å². The molecule has 0 aliphatic heterocycles. The van der Waals surface area contributed by atoms with Crippen LogP contribution in [0.15, 0.2) is 57.9 Å². The number of aromatic nitrogens is 2. The van der Waals surface area contributed by atoms with Gasteiger partial charge in [-0.1, -0.05) is 19.1 Å². The molecule has 2 aromatic carbocycles. The number of fused-ring (bicyclic) bond motifs is 2. The fourth-order valence-corrected chi connectivity index (χ4v) is 2.97. The number of aryl methyl sites for hydroxylation is 2. The Balaban J connectivity index is 1.74. The predicted molar refractivity (Wildman–Crippen MR) is 101 cm³/mol. The zero-order chi connectivity index (χ0) is 19.0. The van der Waals surface area contributed by atoms with E-state index in [0.717, 1.165) is 16.5 Å². The lowest BCUT2D eigenvalue weighted by atomic mass is 10.1. The maximum absolute atomic E-state index is 12.6. The number of benzene rings is 2. The number of para-hydroxylation sites is 2. The molecule has 0 fully saturated rings. The molecule has 0 amide bonds. The van der Waals surface area contributed by atoms with Crippen LogP contribution in [0.3, 0.4) is 0 Å². The Kier molecular flexibility index (Phi) is 4.16. The third-order valence-corrected chi connectivity index (χ3v) is 4.37. The van der Waals surface area contributed by atoms with E-state index in [-0.39, 0.29) is 5.69 Å². The van der Waals surface area contributed by atoms with Crippen LogP contribution < -0.4 is 10.4 Å². The highest BCUT2D eigenvalue weighted by Crippen LogP contribution is 2.28. The quantitative estimate of drug-likeness (QED) is 0.314. The van der Waals surface area contributed by atoms with Gasteiger partial charge in [-0.2, -0.15) is 0 Å². The SMILES string of the molecule is CCc1cc2c(C)cc(=O)oc2cc1OC(=O)c1cnc2ccccc2n1. The zero-order valence-corrected chi connectivity index (χ0v) is 14.9. The molecule has 0 saturated heterocycles. The molecule has 0 aliphatic rings. The number of hydrogen-bond acceptors (Lipinski definition) is 6. The Morgan fingerprint density at radius 2 is 1.93 bits per heavy atom. The van der Waals surface area contributed by atoms with Crippen LogP contribution >= 0.6 is 0 Å². The molecule has 0 unspecified atom stereocenters. The topological polar surface area (TPSA) is 82.3 Å². The number of hydrogen-bond donors (Lipinski definition) is 0. The molecule has 134 valence electrons. The fraction of sp³-hybridized carbons (Fsp3) is 0.143. The molecule has 0 saturated carbocycles. The van der Waals surface area contributed by atoms with Crippen LogP contribution in [0.5, 0.6) is 5.75 Å². The lowest BCUT2D eigenvalue weighted by Gasteiger charge is -2.11. The summed E-state index contributed by atoms with van der Waals surface area (Å²) in [4.78, 5) is 32.8. The summed E-state index contributed by atoms with van der Waals surface area (Å²) < 4.78 is 10.8. The van der Waals surface area contributed by atoms with Crippen molar-refractivity contribution in [2.45, 2.75) is 20.3 Å². The van der Waals surface area contributed by atoms with E-state index in [9.17, 15) is 9.59 Å². The van der Waals surface area contributed by atoms with Crippen LogP contribution in [0.1, 0.15) is 28.5 Å². The second-order valence-electron chi connectivity index (χ2n) is 6.19. The van der Waals surface area contributed by atoms with Crippen LogP contribution in [0.4, 0.5) is 0 Å². The summed E-state index contributed by atoms with van der Waals surface area (Å²) in [6.07, 6.45) is 2.04. The summed E-state index contributed by atoms with van der Waals surface area (Å²) in [5, 5.41) is 0.816. The minimum Gasteiger partial charge on any atom is -0.423 e. The Bertz CT molecular complexity index is 1240. The van der Waals surface area contributed by atoms with Gasteiger partial charge in [-0.3, -0.25) is 4.98 Å². The number of rotatable bonds is 3. The van der Waals surface area contributed by atoms with E-state index in [1.165, 1.54) is 12.3 Å². The first-order valence-corrected chi connectivity index (χ1v) is 8.56. The first-order chi connectivity index (χ1) is 13.0. The smallest absolute Gasteiger partial charge is 0.363 e. The Labute approximate surface area is 154 Å². The van der Waals surface area contributed by atoms with Crippen LogP contribution in [-0.2, 0) is 6.42 Å². The van der Waals surface area contributed by atoms with Crippen molar-refractivity contribution in [2.75, 3.05) is 0 Å². The third kappa shape index (κ3) is 3.17. The van der Waals surface area contributed by atoms with Gasteiger partial charge in [0.2, 0.25) is 0 Å². The average Bonchev–Trinajstić information content (AvgIpc) is 2.67. The molecular weight excluding hydrogens is 344 g/mol. The van der Waals surface area contributed by atoms with E-state index < -0.39 is 11.6 Å². The van der Waals surface area contributed by atoms with Gasteiger partial charge in [-0.15, -0.1) is 0 Å². The molecule has 0 radical (unpaired) electrons. The van der Waals surface area contributed by atoms with Gasteiger partial charge in [0.05, 0.1) is 17.2 Å². The second-order valence-corrected chi connectivity index (χ2v) is 6.19. The molecule has 2 aromatic heterocycles. The minimum absolute atomic E-state index is 0.113. The monoisotopic (exact) mass is 360 g/mol. The van der Waals surface area contributed by atoms with Crippen molar-refractivity contribution in [1.29, 1.82) is 0 Å². The molecule has 0 aliphatic carbocycles. The number of ether oxygens (including phenoxy) is 1. The highest BCUT2D eigenvalue weighted by Gasteiger charge is 2.16. The van der Waals surface area contributed by atoms with E-state index in [1.807, 2.05) is 38.1 Å². The van der Waals surface area contributed by atoms with E-state index in [0.29, 0.717) is 28.8 Å². The molecule has 4 aromatic rings. The van der Waals surface area contributed by atoms with Crippen LogP contribution in [-0.4, -0.2) is 15.9 Å². The van der Waals surface area contributed by atoms with E-state index in [4.69, 9.17) is 9.15 Å². The van der Waals surface area contributed by atoms with E-state index in [2.05, 4.69) is 9.97 Å². The van der Waals surface area contributed by atoms with Gasteiger partial charge < -0.3 is 9.15 Å². The summed E-state index contributed by atoms with van der Waals surface area (Å²) in [7, 11) is 0. The van der Waals surface area contributed by atoms with E-state index in [1.54, 1.807) is 12.1 Å². The molecule has 0 N–H and O–H groups in total. The number of esters is 1. The summed E-state index contributed by atoms with van der Waals surface area (Å²) in [5.74, 6) is -0.268. The van der Waals surface area contributed by atoms with Gasteiger partial charge >= 0.3 is 11.6 Å². The Morgan fingerprint density at radius 3 is 2.70 bits per heavy atom. The summed E-state index contributed by atoms with van der Waals surface area (Å²) in [6, 6.07) is 12.2. The maximum Gasteiger partial charge on any atom is 0.363 e. The number of nitrogens with zero attached hydrogens (tertiary/aromatic N) is 2. The van der Waals surface area contributed by atoms with Crippen LogP contribution in [0, 0.1) is 6.92 Å². The van der Waals surface area contributed by atoms with Crippen molar-refractivity contribution in [3.8, 4) is 5.75 Å². The summed E-state index contributed by atoms with van der Waals surface area (Å²) in [6.45, 7) is 3.80. The second kappa shape index (κ2) is 6.64. The molecule has 2 heterocycles. The van der Waals surface area contributed by atoms with Crippen molar-refractivity contribution in [3.05, 3.63) is 75.9 Å². The lowest BCUT2D eigenvalue weighted by molar-refractivity contribution is 0.0727. The van der Waals surface area contributed by atoms with E-state index >= 15 is 0 Å². The van der Waals surface area contributed by atoms with Gasteiger partial charge in [-0.05, 0) is 42.7 Å². The van der Waals surface area contributed by atoms with Gasteiger partial charge in [0, 0.05) is 17.5 Å². The largest absolute Gasteiger partial charge is 0.423 e. The van der Waals surface area contributed by atoms with Gasteiger partial charge in [-0.25, -0.2) is 14.6 Å². The molecule has 0 atom stereocenters. The molecule has 6 nitrogen and oxygen atoms in total. The minimum atomic E-state index is -0.614. The zero-order valence-electron chi connectivity index (χ0n) is 14.9. The third-order valence-electron chi connectivity index (χ3n) is 4.37. The molecule has 4 rings (SSSR count). The molecule has 6 heteroatoms. The van der Waals surface area contributed by atoms with Gasteiger partial charge in [0.1, 0.15) is 11.3 Å². The molecule has 0 bridgehead atoms. The lowest BCUT2D eigenvalue weighted by Crippen LogP contribution is -2.12. The summed E-state index contributed by atoms with van der Waals surface area (Å²) >= 11 is 0. The standard InChI is InChI=1S/C21H16N2O4/c1-3-13-9-14-12(2)8-20(24)26-19(14)10-18(13)27-21(25)17-11-22-15-6-4-5-7-16(15)23-17/h4-11H,3H2,1-2H3. The fourth-order valence-electron chi connectivity index (χ4n) is 2.97. The predicted octanol–water partition coefficient (Wildman–Crippen LogP) is 3.83. The maximum atomic E-state index is 12.6. The van der Waals surface area contributed by atoms with Crippen LogP contribution in [0.2, 0.25) is 0 Å². The van der Waals surface area contributed by atoms with Crippen LogP contribution in [0.25, 0.3) is 22.0 Å². The summed E-state index contributed by atoms with van der Waals surface area (Å²) in [5.41, 5.74) is 3.01. The number of carbonyl (C=O) groups excluding carboxylic acids is 1. The molecule has 0 spiro atoms. The first-order valence-electron chi connectivity index (χ1n) is 8.56. The number of carbonyl (C=O) groups is 1. The first kappa shape index (κ1) is 16.9.